The smallest absolute Gasteiger partial charge is 0.222 e. The van der Waals surface area contributed by atoms with Crippen molar-refractivity contribution < 1.29 is 9.90 Å². The Morgan fingerprint density at radius 1 is 1.26 bits per heavy atom. The van der Waals surface area contributed by atoms with E-state index in [2.05, 4.69) is 18.7 Å². The van der Waals surface area contributed by atoms with Gasteiger partial charge in [0.15, 0.2) is 0 Å². The predicted octanol–water partition coefficient (Wildman–Crippen LogP) is 1.48. The molecule has 2 fully saturated rings. The second-order valence-electron chi connectivity index (χ2n) is 6.52. The molecule has 2 aliphatic rings. The normalized spacial score (nSPS) is 26.6. The fourth-order valence-corrected chi connectivity index (χ4v) is 3.43. The summed E-state index contributed by atoms with van der Waals surface area (Å²) in [7, 11) is 0. The first kappa shape index (κ1) is 14.8. The third-order valence-corrected chi connectivity index (χ3v) is 4.29. The maximum atomic E-state index is 11.6. The Hall–Kier alpha value is -0.610. The largest absolute Gasteiger partial charge is 0.390 e. The van der Waals surface area contributed by atoms with Gasteiger partial charge in [-0.15, -0.1) is 0 Å². The van der Waals surface area contributed by atoms with Crippen LogP contribution in [-0.4, -0.2) is 59.1 Å². The number of amides is 1. The molecule has 0 spiro atoms. The maximum absolute atomic E-state index is 11.6. The number of likely N-dealkylation sites (tertiary alicyclic amines) is 2. The summed E-state index contributed by atoms with van der Waals surface area (Å²) in [5.74, 6) is 0.919. The summed E-state index contributed by atoms with van der Waals surface area (Å²) in [5.41, 5.74) is 0. The number of hydrogen-bond acceptors (Lipinski definition) is 3. The Bertz CT molecular complexity index is 307. The van der Waals surface area contributed by atoms with Gasteiger partial charge >= 0.3 is 0 Å². The van der Waals surface area contributed by atoms with Crippen molar-refractivity contribution in [3.63, 3.8) is 0 Å². The molecule has 0 aromatic rings. The SMILES string of the molecule is CC(C)CC1CCCN1CC(O)CN1CCCC1=O. The molecule has 2 rings (SSSR count). The number of aliphatic hydroxyl groups excluding tert-OH is 1. The zero-order valence-electron chi connectivity index (χ0n) is 12.3. The molecule has 1 N–H and O–H groups in total. The van der Waals surface area contributed by atoms with E-state index in [1.807, 2.05) is 4.90 Å². The highest BCUT2D eigenvalue weighted by Gasteiger charge is 2.28. The molecule has 2 atom stereocenters. The lowest BCUT2D eigenvalue weighted by molar-refractivity contribution is -0.129. The van der Waals surface area contributed by atoms with Crippen LogP contribution in [0, 0.1) is 5.92 Å². The van der Waals surface area contributed by atoms with Crippen molar-refractivity contribution in [2.45, 2.75) is 58.1 Å². The molecule has 0 aromatic heterocycles. The third kappa shape index (κ3) is 4.18. The first-order valence-electron chi connectivity index (χ1n) is 7.76. The fourth-order valence-electron chi connectivity index (χ4n) is 3.43. The van der Waals surface area contributed by atoms with E-state index in [9.17, 15) is 9.90 Å². The Labute approximate surface area is 116 Å². The molecule has 0 saturated carbocycles. The van der Waals surface area contributed by atoms with Crippen molar-refractivity contribution in [2.24, 2.45) is 5.92 Å². The number of carbonyl (C=O) groups excluding carboxylic acids is 1. The van der Waals surface area contributed by atoms with Crippen LogP contribution < -0.4 is 0 Å². The highest BCUT2D eigenvalue weighted by molar-refractivity contribution is 5.78. The van der Waals surface area contributed by atoms with Crippen LogP contribution in [0.4, 0.5) is 0 Å². The fraction of sp³-hybridized carbons (Fsp3) is 0.933. The van der Waals surface area contributed by atoms with Crippen LogP contribution in [0.15, 0.2) is 0 Å². The quantitative estimate of drug-likeness (QED) is 0.793. The van der Waals surface area contributed by atoms with Gasteiger partial charge in [-0.3, -0.25) is 9.69 Å². The van der Waals surface area contributed by atoms with Gasteiger partial charge in [0.1, 0.15) is 0 Å². The number of aliphatic hydroxyl groups is 1. The van der Waals surface area contributed by atoms with Gasteiger partial charge in [-0.1, -0.05) is 13.8 Å². The van der Waals surface area contributed by atoms with Crippen LogP contribution in [-0.2, 0) is 4.79 Å². The minimum absolute atomic E-state index is 0.208. The molecule has 1 amide bonds. The standard InChI is InChI=1S/C15H28N2O2/c1-12(2)9-13-5-3-7-16(13)10-14(18)11-17-8-4-6-15(17)19/h12-14,18H,3-11H2,1-2H3. The molecule has 2 aliphatic heterocycles. The van der Waals surface area contributed by atoms with E-state index in [-0.39, 0.29) is 5.91 Å². The Balaban J connectivity index is 1.77. The topological polar surface area (TPSA) is 43.8 Å². The molecule has 2 heterocycles. The van der Waals surface area contributed by atoms with Gasteiger partial charge in [0, 0.05) is 32.1 Å². The second-order valence-corrected chi connectivity index (χ2v) is 6.52. The van der Waals surface area contributed by atoms with Gasteiger partial charge in [0.25, 0.3) is 0 Å². The summed E-state index contributed by atoms with van der Waals surface area (Å²) in [6.07, 6.45) is 4.93. The summed E-state index contributed by atoms with van der Waals surface area (Å²) in [6.45, 7) is 7.68. The molecule has 110 valence electrons. The summed E-state index contributed by atoms with van der Waals surface area (Å²) in [6, 6.07) is 0.629. The minimum atomic E-state index is -0.394. The van der Waals surface area contributed by atoms with Gasteiger partial charge in [-0.2, -0.15) is 0 Å². The molecule has 0 bridgehead atoms. The van der Waals surface area contributed by atoms with Gasteiger partial charge in [-0.05, 0) is 38.1 Å². The van der Waals surface area contributed by atoms with E-state index < -0.39 is 6.10 Å². The third-order valence-electron chi connectivity index (χ3n) is 4.29. The van der Waals surface area contributed by atoms with Crippen LogP contribution >= 0.6 is 0 Å². The molecule has 0 aliphatic carbocycles. The van der Waals surface area contributed by atoms with Crippen LogP contribution in [0.2, 0.25) is 0 Å². The molecular formula is C15H28N2O2. The molecule has 0 radical (unpaired) electrons. The van der Waals surface area contributed by atoms with Crippen molar-refractivity contribution in [2.75, 3.05) is 26.2 Å². The number of rotatable bonds is 6. The summed E-state index contributed by atoms with van der Waals surface area (Å²) in [5, 5.41) is 10.2. The van der Waals surface area contributed by atoms with Crippen LogP contribution in [0.25, 0.3) is 0 Å². The molecule has 4 heteroatoms. The molecule has 19 heavy (non-hydrogen) atoms. The van der Waals surface area contributed by atoms with Crippen molar-refractivity contribution in [1.29, 1.82) is 0 Å². The average molecular weight is 268 g/mol. The number of hydrogen-bond donors (Lipinski definition) is 1. The Kier molecular flexibility index (Phi) is 5.22. The minimum Gasteiger partial charge on any atom is -0.390 e. The van der Waals surface area contributed by atoms with Gasteiger partial charge in [0.05, 0.1) is 6.10 Å². The van der Waals surface area contributed by atoms with Crippen molar-refractivity contribution >= 4 is 5.91 Å². The zero-order chi connectivity index (χ0) is 13.8. The molecule has 0 aromatic carbocycles. The van der Waals surface area contributed by atoms with Crippen LogP contribution in [0.1, 0.15) is 46.0 Å². The summed E-state index contributed by atoms with van der Waals surface area (Å²) < 4.78 is 0. The number of carbonyl (C=O) groups is 1. The van der Waals surface area contributed by atoms with Gasteiger partial charge in [0.2, 0.25) is 5.91 Å². The maximum Gasteiger partial charge on any atom is 0.222 e. The van der Waals surface area contributed by atoms with Gasteiger partial charge < -0.3 is 10.0 Å². The molecular weight excluding hydrogens is 240 g/mol. The lowest BCUT2D eigenvalue weighted by Crippen LogP contribution is -2.42. The Morgan fingerprint density at radius 3 is 2.68 bits per heavy atom. The lowest BCUT2D eigenvalue weighted by Gasteiger charge is -2.29. The van der Waals surface area contributed by atoms with E-state index in [4.69, 9.17) is 0 Å². The molecule has 4 nitrogen and oxygen atoms in total. The van der Waals surface area contributed by atoms with E-state index in [1.165, 1.54) is 19.3 Å². The predicted molar refractivity (Wildman–Crippen MR) is 75.9 cm³/mol. The monoisotopic (exact) mass is 268 g/mol. The van der Waals surface area contributed by atoms with E-state index in [0.717, 1.165) is 26.1 Å². The van der Waals surface area contributed by atoms with E-state index in [0.29, 0.717) is 24.9 Å². The van der Waals surface area contributed by atoms with Gasteiger partial charge in [-0.25, -0.2) is 0 Å². The highest BCUT2D eigenvalue weighted by atomic mass is 16.3. The van der Waals surface area contributed by atoms with E-state index in [1.54, 1.807) is 0 Å². The highest BCUT2D eigenvalue weighted by Crippen LogP contribution is 2.23. The van der Waals surface area contributed by atoms with E-state index >= 15 is 0 Å². The Morgan fingerprint density at radius 2 is 2.05 bits per heavy atom. The van der Waals surface area contributed by atoms with Crippen LogP contribution in [0.3, 0.4) is 0 Å². The van der Waals surface area contributed by atoms with Crippen molar-refractivity contribution in [3.05, 3.63) is 0 Å². The van der Waals surface area contributed by atoms with Crippen molar-refractivity contribution in [1.82, 2.24) is 9.80 Å². The first-order chi connectivity index (χ1) is 9.06. The van der Waals surface area contributed by atoms with Crippen LogP contribution in [0.5, 0.6) is 0 Å². The first-order valence-corrected chi connectivity index (χ1v) is 7.76. The second kappa shape index (κ2) is 6.71. The summed E-state index contributed by atoms with van der Waals surface area (Å²) >= 11 is 0. The number of nitrogens with zero attached hydrogens (tertiary/aromatic N) is 2. The van der Waals surface area contributed by atoms with Crippen molar-refractivity contribution in [3.8, 4) is 0 Å². The number of β-amino-alcohol motifs (C(OH)–C–C–N with tert-alkyl or cyclic N) is 1. The average Bonchev–Trinajstić information content (AvgIpc) is 2.90. The molecule has 2 saturated heterocycles. The lowest BCUT2D eigenvalue weighted by atomic mass is 10.0. The molecule has 2 unspecified atom stereocenters. The summed E-state index contributed by atoms with van der Waals surface area (Å²) in [4.78, 5) is 15.8. The zero-order valence-corrected chi connectivity index (χ0v) is 12.3.